The average Bonchev–Trinajstić information content (AvgIpc) is 2.58. The second kappa shape index (κ2) is 8.29. The molecule has 1 N–H and O–H groups in total. The predicted molar refractivity (Wildman–Crippen MR) is 95.0 cm³/mol. The number of carbonyl (C=O) groups is 2. The van der Waals surface area contributed by atoms with Gasteiger partial charge in [-0.05, 0) is 49.1 Å². The van der Waals surface area contributed by atoms with Crippen LogP contribution in [0.2, 0.25) is 0 Å². The van der Waals surface area contributed by atoms with Crippen molar-refractivity contribution in [1.82, 2.24) is 0 Å². The van der Waals surface area contributed by atoms with Crippen molar-refractivity contribution >= 4 is 17.6 Å². The topological polar surface area (TPSA) is 55.4 Å². The highest BCUT2D eigenvalue weighted by atomic mass is 16.5. The van der Waals surface area contributed by atoms with Crippen LogP contribution in [-0.2, 0) is 14.3 Å². The van der Waals surface area contributed by atoms with Crippen LogP contribution >= 0.6 is 0 Å². The minimum Gasteiger partial charge on any atom is -0.455 e. The maximum atomic E-state index is 12.2. The van der Waals surface area contributed by atoms with E-state index in [9.17, 15) is 9.59 Å². The van der Waals surface area contributed by atoms with Crippen LogP contribution in [0.3, 0.4) is 0 Å². The van der Waals surface area contributed by atoms with Crippen LogP contribution in [0.5, 0.6) is 0 Å². The fourth-order valence-electron chi connectivity index (χ4n) is 2.48. The molecule has 4 nitrogen and oxygen atoms in total. The monoisotopic (exact) mass is 325 g/mol. The van der Waals surface area contributed by atoms with Crippen LogP contribution in [0.15, 0.2) is 48.5 Å². The van der Waals surface area contributed by atoms with Crippen molar-refractivity contribution in [1.29, 1.82) is 0 Å². The molecule has 4 heteroatoms. The molecule has 0 aliphatic rings. The standard InChI is InChI=1S/C20H23NO3/c1-4-18(16-8-6-5-7-9-16)20(23)24-13-19(22)21-17-11-10-14(2)15(3)12-17/h5-12,18H,4,13H2,1-3H3,(H,21,22)/t18-/m0/s1. The molecular weight excluding hydrogens is 302 g/mol. The second-order valence-corrected chi connectivity index (χ2v) is 5.83. The summed E-state index contributed by atoms with van der Waals surface area (Å²) >= 11 is 0. The van der Waals surface area contributed by atoms with Crippen molar-refractivity contribution in [2.45, 2.75) is 33.1 Å². The van der Waals surface area contributed by atoms with Gasteiger partial charge in [0.2, 0.25) is 0 Å². The van der Waals surface area contributed by atoms with Crippen molar-refractivity contribution < 1.29 is 14.3 Å². The smallest absolute Gasteiger partial charge is 0.313 e. The number of carbonyl (C=O) groups excluding carboxylic acids is 2. The van der Waals surface area contributed by atoms with Gasteiger partial charge in [0.1, 0.15) is 0 Å². The zero-order valence-electron chi connectivity index (χ0n) is 14.3. The minimum atomic E-state index is -0.376. The average molecular weight is 325 g/mol. The molecule has 0 saturated carbocycles. The number of nitrogens with one attached hydrogen (secondary N) is 1. The third kappa shape index (κ3) is 4.69. The van der Waals surface area contributed by atoms with E-state index in [4.69, 9.17) is 4.74 Å². The third-order valence-corrected chi connectivity index (χ3v) is 4.03. The fraction of sp³-hybridized carbons (Fsp3) is 0.300. The van der Waals surface area contributed by atoms with E-state index in [-0.39, 0.29) is 24.4 Å². The summed E-state index contributed by atoms with van der Waals surface area (Å²) in [6, 6.07) is 15.1. The molecule has 2 rings (SSSR count). The molecule has 0 aliphatic heterocycles. The highest BCUT2D eigenvalue weighted by Crippen LogP contribution is 2.20. The van der Waals surface area contributed by atoms with Crippen LogP contribution in [0.4, 0.5) is 5.69 Å². The van der Waals surface area contributed by atoms with Crippen molar-refractivity contribution in [2.24, 2.45) is 0 Å². The molecule has 126 valence electrons. The van der Waals surface area contributed by atoms with Crippen LogP contribution in [-0.4, -0.2) is 18.5 Å². The molecule has 2 aromatic carbocycles. The molecule has 0 aliphatic carbocycles. The number of anilines is 1. The second-order valence-electron chi connectivity index (χ2n) is 5.83. The maximum absolute atomic E-state index is 12.2. The zero-order valence-corrected chi connectivity index (χ0v) is 14.3. The van der Waals surface area contributed by atoms with Gasteiger partial charge >= 0.3 is 5.97 Å². The Balaban J connectivity index is 1.90. The first-order chi connectivity index (χ1) is 11.5. The Labute approximate surface area is 142 Å². The Morgan fingerprint density at radius 2 is 1.75 bits per heavy atom. The normalized spacial score (nSPS) is 11.6. The van der Waals surface area contributed by atoms with E-state index in [0.717, 1.165) is 16.7 Å². The van der Waals surface area contributed by atoms with Gasteiger partial charge in [0, 0.05) is 5.69 Å². The Morgan fingerprint density at radius 3 is 2.38 bits per heavy atom. The first-order valence-electron chi connectivity index (χ1n) is 8.10. The van der Waals surface area contributed by atoms with E-state index in [2.05, 4.69) is 5.32 Å². The van der Waals surface area contributed by atoms with E-state index in [1.165, 1.54) is 0 Å². The minimum absolute atomic E-state index is 0.283. The molecular formula is C20H23NO3. The quantitative estimate of drug-likeness (QED) is 0.817. The third-order valence-electron chi connectivity index (χ3n) is 4.03. The van der Waals surface area contributed by atoms with Gasteiger partial charge in [0.25, 0.3) is 5.91 Å². The van der Waals surface area contributed by atoms with Crippen molar-refractivity contribution in [3.8, 4) is 0 Å². The van der Waals surface area contributed by atoms with Gasteiger partial charge in [0.05, 0.1) is 5.92 Å². The van der Waals surface area contributed by atoms with Gasteiger partial charge in [-0.3, -0.25) is 9.59 Å². The van der Waals surface area contributed by atoms with Gasteiger partial charge in [-0.2, -0.15) is 0 Å². The molecule has 2 aromatic rings. The number of ether oxygens (including phenoxy) is 1. The number of esters is 1. The summed E-state index contributed by atoms with van der Waals surface area (Å²) < 4.78 is 5.19. The fourth-order valence-corrected chi connectivity index (χ4v) is 2.48. The largest absolute Gasteiger partial charge is 0.455 e. The number of rotatable bonds is 6. The number of hydrogen-bond acceptors (Lipinski definition) is 3. The summed E-state index contributed by atoms with van der Waals surface area (Å²) in [6.45, 7) is 5.64. The van der Waals surface area contributed by atoms with Gasteiger partial charge in [-0.1, -0.05) is 43.3 Å². The highest BCUT2D eigenvalue weighted by Gasteiger charge is 2.20. The van der Waals surface area contributed by atoms with Gasteiger partial charge < -0.3 is 10.1 Å². The lowest BCUT2D eigenvalue weighted by atomic mass is 9.97. The number of aryl methyl sites for hydroxylation is 2. The van der Waals surface area contributed by atoms with E-state index in [0.29, 0.717) is 12.1 Å². The Kier molecular flexibility index (Phi) is 6.13. The van der Waals surface area contributed by atoms with Crippen molar-refractivity contribution in [3.63, 3.8) is 0 Å². The van der Waals surface area contributed by atoms with Gasteiger partial charge in [-0.15, -0.1) is 0 Å². The molecule has 0 heterocycles. The molecule has 0 aromatic heterocycles. The number of benzene rings is 2. The van der Waals surface area contributed by atoms with Gasteiger partial charge in [0.15, 0.2) is 6.61 Å². The van der Waals surface area contributed by atoms with E-state index >= 15 is 0 Å². The SMILES string of the molecule is CC[C@H](C(=O)OCC(=O)Nc1ccc(C)c(C)c1)c1ccccc1. The number of hydrogen-bond donors (Lipinski definition) is 1. The summed E-state index contributed by atoms with van der Waals surface area (Å²) in [6.07, 6.45) is 0.627. The first-order valence-corrected chi connectivity index (χ1v) is 8.10. The lowest BCUT2D eigenvalue weighted by molar-refractivity contribution is -0.149. The summed E-state index contributed by atoms with van der Waals surface area (Å²) in [4.78, 5) is 24.2. The van der Waals surface area contributed by atoms with Crippen molar-refractivity contribution in [2.75, 3.05) is 11.9 Å². The maximum Gasteiger partial charge on any atom is 0.313 e. The molecule has 0 unspecified atom stereocenters. The lowest BCUT2D eigenvalue weighted by Gasteiger charge is -2.14. The molecule has 0 radical (unpaired) electrons. The lowest BCUT2D eigenvalue weighted by Crippen LogP contribution is -2.24. The summed E-state index contributed by atoms with van der Waals surface area (Å²) in [5.41, 5.74) is 3.86. The highest BCUT2D eigenvalue weighted by molar-refractivity contribution is 5.93. The summed E-state index contributed by atoms with van der Waals surface area (Å²) in [5, 5.41) is 2.75. The molecule has 0 spiro atoms. The first kappa shape index (κ1) is 17.7. The van der Waals surface area contributed by atoms with E-state index < -0.39 is 0 Å². The Hall–Kier alpha value is -2.62. The zero-order chi connectivity index (χ0) is 17.5. The molecule has 24 heavy (non-hydrogen) atoms. The predicted octanol–water partition coefficient (Wildman–Crippen LogP) is 3.98. The molecule has 0 fully saturated rings. The summed E-state index contributed by atoms with van der Waals surface area (Å²) in [7, 11) is 0. The Morgan fingerprint density at radius 1 is 1.04 bits per heavy atom. The Bertz CT molecular complexity index is 710. The van der Waals surface area contributed by atoms with Crippen LogP contribution in [0, 0.1) is 13.8 Å². The van der Waals surface area contributed by atoms with Gasteiger partial charge in [-0.25, -0.2) is 0 Å². The molecule has 0 saturated heterocycles. The van der Waals surface area contributed by atoms with Crippen LogP contribution < -0.4 is 5.32 Å². The number of amides is 1. The van der Waals surface area contributed by atoms with Crippen molar-refractivity contribution in [3.05, 3.63) is 65.2 Å². The van der Waals surface area contributed by atoms with E-state index in [1.54, 1.807) is 0 Å². The van der Waals surface area contributed by atoms with E-state index in [1.807, 2.05) is 69.3 Å². The molecule has 1 atom stereocenters. The molecule has 1 amide bonds. The summed E-state index contributed by atoms with van der Waals surface area (Å²) in [5.74, 6) is -1.06. The van der Waals surface area contributed by atoms with Crippen LogP contribution in [0.25, 0.3) is 0 Å². The van der Waals surface area contributed by atoms with Crippen LogP contribution in [0.1, 0.15) is 36.0 Å². The molecule has 0 bridgehead atoms.